The Morgan fingerprint density at radius 2 is 1.80 bits per heavy atom. The highest BCUT2D eigenvalue weighted by atomic mass is 19.4. The first-order chi connectivity index (χ1) is 14.4. The molecule has 5 nitrogen and oxygen atoms in total. The Bertz CT molecular complexity index is 1130. The van der Waals surface area contributed by atoms with Crippen LogP contribution in [-0.2, 0) is 5.41 Å². The SMILES string of the molecule is O=Cc1ccc2c(c1)N(c1ncc(-c3ccccc3OC(F)(F)F)cn1)CC21CC1. The second-order valence-corrected chi connectivity index (χ2v) is 7.58. The van der Waals surface area contributed by atoms with Gasteiger partial charge in [-0.3, -0.25) is 4.79 Å². The molecular weight excluding hydrogens is 395 g/mol. The molecule has 2 heterocycles. The molecular formula is C22H16F3N3O2. The molecule has 2 aliphatic rings. The molecule has 3 aromatic rings. The summed E-state index contributed by atoms with van der Waals surface area (Å²) < 4.78 is 42.2. The van der Waals surface area contributed by atoms with Crippen LogP contribution in [0, 0.1) is 0 Å². The minimum atomic E-state index is -4.79. The number of nitrogens with zero attached hydrogens (tertiary/aromatic N) is 3. The number of alkyl halides is 3. The van der Waals surface area contributed by atoms with E-state index in [1.807, 2.05) is 23.1 Å². The van der Waals surface area contributed by atoms with Gasteiger partial charge < -0.3 is 9.64 Å². The van der Waals surface area contributed by atoms with E-state index in [2.05, 4.69) is 14.7 Å². The van der Waals surface area contributed by atoms with Crippen molar-refractivity contribution in [3.05, 3.63) is 66.0 Å². The summed E-state index contributed by atoms with van der Waals surface area (Å²) in [6, 6.07) is 11.5. The van der Waals surface area contributed by atoms with Crippen molar-refractivity contribution in [3.8, 4) is 16.9 Å². The smallest absolute Gasteiger partial charge is 0.405 e. The first kappa shape index (κ1) is 18.6. The van der Waals surface area contributed by atoms with Gasteiger partial charge in [-0.1, -0.05) is 30.3 Å². The number of para-hydroxylation sites is 1. The van der Waals surface area contributed by atoms with Gasteiger partial charge >= 0.3 is 6.36 Å². The lowest BCUT2D eigenvalue weighted by atomic mass is 9.98. The number of hydrogen-bond donors (Lipinski definition) is 0. The lowest BCUT2D eigenvalue weighted by molar-refractivity contribution is -0.274. The molecule has 0 radical (unpaired) electrons. The third-order valence-electron chi connectivity index (χ3n) is 5.64. The van der Waals surface area contributed by atoms with Crippen LogP contribution in [0.15, 0.2) is 54.9 Å². The van der Waals surface area contributed by atoms with Crippen LogP contribution in [0.1, 0.15) is 28.8 Å². The molecule has 5 rings (SSSR count). The fourth-order valence-corrected chi connectivity index (χ4v) is 4.04. The molecule has 1 aromatic heterocycles. The molecule has 1 spiro atoms. The van der Waals surface area contributed by atoms with Crippen molar-refractivity contribution < 1.29 is 22.7 Å². The summed E-state index contributed by atoms with van der Waals surface area (Å²) in [6.07, 6.45) is 1.13. The van der Waals surface area contributed by atoms with E-state index in [4.69, 9.17) is 0 Å². The van der Waals surface area contributed by atoms with Crippen molar-refractivity contribution in [3.63, 3.8) is 0 Å². The summed E-state index contributed by atoms with van der Waals surface area (Å²) in [5.74, 6) is 0.140. The second kappa shape index (κ2) is 6.55. The van der Waals surface area contributed by atoms with Gasteiger partial charge in [-0.25, -0.2) is 9.97 Å². The summed E-state index contributed by atoms with van der Waals surface area (Å²) in [7, 11) is 0. The van der Waals surface area contributed by atoms with Gasteiger partial charge in [0.25, 0.3) is 0 Å². The molecule has 0 N–H and O–H groups in total. The van der Waals surface area contributed by atoms with Crippen LogP contribution in [0.4, 0.5) is 24.8 Å². The van der Waals surface area contributed by atoms with Gasteiger partial charge in [0.05, 0.1) is 0 Å². The Kier molecular flexibility index (Phi) is 4.06. The number of aldehydes is 1. The molecule has 0 amide bonds. The highest BCUT2D eigenvalue weighted by Gasteiger charge is 2.52. The summed E-state index contributed by atoms with van der Waals surface area (Å²) in [6.45, 7) is 0.720. The molecule has 1 aliphatic carbocycles. The summed E-state index contributed by atoms with van der Waals surface area (Å²) in [4.78, 5) is 22.0. The summed E-state index contributed by atoms with van der Waals surface area (Å²) in [5.41, 5.74) is 3.42. The summed E-state index contributed by atoms with van der Waals surface area (Å²) in [5, 5.41) is 0. The fourth-order valence-electron chi connectivity index (χ4n) is 4.04. The average molecular weight is 411 g/mol. The van der Waals surface area contributed by atoms with Crippen LogP contribution in [0.3, 0.4) is 0 Å². The maximum Gasteiger partial charge on any atom is 0.573 e. The Morgan fingerprint density at radius 1 is 1.07 bits per heavy atom. The number of benzene rings is 2. The highest BCUT2D eigenvalue weighted by molar-refractivity contribution is 5.82. The minimum absolute atomic E-state index is 0.0753. The zero-order valence-electron chi connectivity index (χ0n) is 15.7. The van der Waals surface area contributed by atoms with Crippen LogP contribution in [-0.4, -0.2) is 29.2 Å². The molecule has 1 aliphatic heterocycles. The first-order valence-electron chi connectivity index (χ1n) is 9.43. The van der Waals surface area contributed by atoms with Crippen molar-refractivity contribution in [1.82, 2.24) is 9.97 Å². The fraction of sp³-hybridized carbons (Fsp3) is 0.227. The number of hydrogen-bond acceptors (Lipinski definition) is 5. The van der Waals surface area contributed by atoms with Crippen molar-refractivity contribution in [1.29, 1.82) is 0 Å². The number of fused-ring (bicyclic) bond motifs is 2. The van der Waals surface area contributed by atoms with Gasteiger partial charge in [-0.05, 0) is 30.5 Å². The van der Waals surface area contributed by atoms with E-state index in [1.54, 1.807) is 6.07 Å². The predicted molar refractivity (Wildman–Crippen MR) is 104 cm³/mol. The number of rotatable bonds is 4. The van der Waals surface area contributed by atoms with Crippen molar-refractivity contribution >= 4 is 17.9 Å². The van der Waals surface area contributed by atoms with E-state index in [0.717, 1.165) is 31.4 Å². The van der Waals surface area contributed by atoms with Gasteiger partial charge in [-0.15, -0.1) is 13.2 Å². The molecule has 0 atom stereocenters. The largest absolute Gasteiger partial charge is 0.573 e. The normalized spacial score (nSPS) is 16.4. The van der Waals surface area contributed by atoms with Crippen LogP contribution in [0.25, 0.3) is 11.1 Å². The van der Waals surface area contributed by atoms with E-state index in [-0.39, 0.29) is 16.7 Å². The van der Waals surface area contributed by atoms with Crippen molar-refractivity contribution in [2.45, 2.75) is 24.6 Å². The Hall–Kier alpha value is -3.42. The highest BCUT2D eigenvalue weighted by Crippen LogP contribution is 2.57. The molecule has 0 bridgehead atoms. The maximum atomic E-state index is 12.7. The molecule has 0 saturated heterocycles. The molecule has 30 heavy (non-hydrogen) atoms. The van der Waals surface area contributed by atoms with E-state index in [1.165, 1.54) is 36.2 Å². The molecule has 2 aromatic carbocycles. The Labute approximate surface area is 170 Å². The van der Waals surface area contributed by atoms with Crippen LogP contribution < -0.4 is 9.64 Å². The van der Waals surface area contributed by atoms with Crippen LogP contribution in [0.5, 0.6) is 5.75 Å². The Morgan fingerprint density at radius 3 is 2.47 bits per heavy atom. The number of anilines is 2. The molecule has 1 fully saturated rings. The standard InChI is InChI=1S/C22H16F3N3O2/c23-22(24,25)30-19-4-2-1-3-16(19)15-10-26-20(27-11-15)28-13-21(7-8-21)17-6-5-14(12-29)9-18(17)28/h1-6,9-12H,7-8,13H2. The quantitative estimate of drug-likeness (QED) is 0.563. The van der Waals surface area contributed by atoms with Gasteiger partial charge in [0.2, 0.25) is 5.95 Å². The summed E-state index contributed by atoms with van der Waals surface area (Å²) >= 11 is 0. The molecule has 1 saturated carbocycles. The number of halogens is 3. The monoisotopic (exact) mass is 411 g/mol. The van der Waals surface area contributed by atoms with E-state index >= 15 is 0 Å². The van der Waals surface area contributed by atoms with Gasteiger partial charge in [0.1, 0.15) is 12.0 Å². The molecule has 8 heteroatoms. The predicted octanol–water partition coefficient (Wildman–Crippen LogP) is 5.04. The molecule has 152 valence electrons. The number of carbonyl (C=O) groups excluding carboxylic acids is 1. The molecule has 0 unspecified atom stereocenters. The Balaban J connectivity index is 1.49. The van der Waals surface area contributed by atoms with Crippen molar-refractivity contribution in [2.24, 2.45) is 0 Å². The van der Waals surface area contributed by atoms with Gasteiger partial charge in [0, 0.05) is 46.7 Å². The zero-order chi connectivity index (χ0) is 20.9. The van der Waals surface area contributed by atoms with E-state index < -0.39 is 6.36 Å². The third kappa shape index (κ3) is 3.18. The lowest BCUT2D eigenvalue weighted by Crippen LogP contribution is -2.21. The average Bonchev–Trinajstić information content (AvgIpc) is 3.44. The maximum absolute atomic E-state index is 12.7. The van der Waals surface area contributed by atoms with Crippen LogP contribution in [0.2, 0.25) is 0 Å². The minimum Gasteiger partial charge on any atom is -0.405 e. The van der Waals surface area contributed by atoms with Gasteiger partial charge in [0.15, 0.2) is 0 Å². The van der Waals surface area contributed by atoms with Gasteiger partial charge in [-0.2, -0.15) is 0 Å². The lowest BCUT2D eigenvalue weighted by Gasteiger charge is -2.18. The first-order valence-corrected chi connectivity index (χ1v) is 9.43. The number of ether oxygens (including phenoxy) is 1. The van der Waals surface area contributed by atoms with Crippen molar-refractivity contribution in [2.75, 3.05) is 11.4 Å². The number of carbonyl (C=O) groups is 1. The zero-order valence-corrected chi connectivity index (χ0v) is 15.7. The number of aromatic nitrogens is 2. The topological polar surface area (TPSA) is 55.3 Å². The van der Waals surface area contributed by atoms with E-state index in [0.29, 0.717) is 17.1 Å². The second-order valence-electron chi connectivity index (χ2n) is 7.58. The van der Waals surface area contributed by atoms with Crippen LogP contribution >= 0.6 is 0 Å². The van der Waals surface area contributed by atoms with E-state index in [9.17, 15) is 18.0 Å². The third-order valence-corrected chi connectivity index (χ3v) is 5.64.